The van der Waals surface area contributed by atoms with E-state index >= 15 is 0 Å². The highest BCUT2D eigenvalue weighted by molar-refractivity contribution is 7.90. The molecule has 2 aromatic rings. The van der Waals surface area contributed by atoms with E-state index in [4.69, 9.17) is 0 Å². The van der Waals surface area contributed by atoms with Gasteiger partial charge in [0.05, 0.1) is 10.6 Å². The smallest absolute Gasteiger partial charge is 0.255 e. The number of sulfonamides is 1. The van der Waals surface area contributed by atoms with Crippen LogP contribution in [0.5, 0.6) is 0 Å². The molecule has 1 N–H and O–H groups in total. The summed E-state index contributed by atoms with van der Waals surface area (Å²) in [6.45, 7) is 0. The Bertz CT molecular complexity index is 1010. The highest BCUT2D eigenvalue weighted by Gasteiger charge is 2.17. The Morgan fingerprint density at radius 3 is 2.15 bits per heavy atom. The second kappa shape index (κ2) is 7.56. The Morgan fingerprint density at radius 1 is 1.00 bits per heavy atom. The normalized spacial score (nSPS) is 12.2. The zero-order valence-electron chi connectivity index (χ0n) is 14.6. The zero-order chi connectivity index (χ0) is 19.5. The standard InChI is InChI=1S/C17H20N2O5S2/c1-19(2)26(23,24)16-6-4-5-15(11-16)18-17(20)14-9-7-13(8-10-14)12-25(3,21)22/h4-11H,12H2,1-3H3,(H,18,20). The van der Waals surface area contributed by atoms with Gasteiger partial charge in [-0.05, 0) is 35.9 Å². The second-order valence-corrected chi connectivity index (χ2v) is 10.3. The third-order valence-electron chi connectivity index (χ3n) is 3.52. The fourth-order valence-corrected chi connectivity index (χ4v) is 3.95. The number of nitrogens with zero attached hydrogens (tertiary/aromatic N) is 1. The van der Waals surface area contributed by atoms with Gasteiger partial charge in [0, 0.05) is 31.6 Å². The molecular weight excluding hydrogens is 376 g/mol. The third kappa shape index (κ3) is 5.13. The van der Waals surface area contributed by atoms with Crippen molar-refractivity contribution in [1.82, 2.24) is 4.31 Å². The molecule has 0 aliphatic heterocycles. The number of hydrogen-bond donors (Lipinski definition) is 1. The summed E-state index contributed by atoms with van der Waals surface area (Å²) in [6.07, 6.45) is 1.14. The van der Waals surface area contributed by atoms with Crippen LogP contribution in [-0.2, 0) is 25.6 Å². The topological polar surface area (TPSA) is 101 Å². The number of benzene rings is 2. The molecule has 0 saturated carbocycles. The van der Waals surface area contributed by atoms with Crippen LogP contribution >= 0.6 is 0 Å². The Hall–Kier alpha value is -2.23. The van der Waals surface area contributed by atoms with Crippen LogP contribution in [0, 0.1) is 0 Å². The molecule has 1 amide bonds. The van der Waals surface area contributed by atoms with Crippen molar-refractivity contribution in [3.05, 3.63) is 59.7 Å². The predicted octanol–water partition coefficient (Wildman–Crippen LogP) is 1.73. The lowest BCUT2D eigenvalue weighted by molar-refractivity contribution is 0.102. The summed E-state index contributed by atoms with van der Waals surface area (Å²) in [5.74, 6) is -0.519. The molecule has 26 heavy (non-hydrogen) atoms. The summed E-state index contributed by atoms with van der Waals surface area (Å²) >= 11 is 0. The second-order valence-electron chi connectivity index (χ2n) is 6.04. The number of carbonyl (C=O) groups excluding carboxylic acids is 1. The van der Waals surface area contributed by atoms with Gasteiger partial charge >= 0.3 is 0 Å². The van der Waals surface area contributed by atoms with Crippen LogP contribution in [0.4, 0.5) is 5.69 Å². The lowest BCUT2D eigenvalue weighted by Crippen LogP contribution is -2.22. The first-order valence-corrected chi connectivity index (χ1v) is 11.1. The van der Waals surface area contributed by atoms with Gasteiger partial charge in [0.1, 0.15) is 0 Å². The quantitative estimate of drug-likeness (QED) is 0.801. The van der Waals surface area contributed by atoms with Gasteiger partial charge in [-0.15, -0.1) is 0 Å². The first-order chi connectivity index (χ1) is 12.0. The lowest BCUT2D eigenvalue weighted by atomic mass is 10.1. The minimum Gasteiger partial charge on any atom is -0.322 e. The molecule has 0 saturated heterocycles. The summed E-state index contributed by atoms with van der Waals surface area (Å²) < 4.78 is 48.0. The van der Waals surface area contributed by atoms with Crippen molar-refractivity contribution in [3.8, 4) is 0 Å². The van der Waals surface area contributed by atoms with E-state index in [0.717, 1.165) is 10.6 Å². The number of hydrogen-bond acceptors (Lipinski definition) is 5. The molecule has 0 atom stereocenters. The molecule has 0 aromatic heterocycles. The Kier molecular flexibility index (Phi) is 5.84. The van der Waals surface area contributed by atoms with Crippen LogP contribution in [0.15, 0.2) is 53.4 Å². The Balaban J connectivity index is 2.18. The largest absolute Gasteiger partial charge is 0.322 e. The van der Waals surface area contributed by atoms with Crippen molar-refractivity contribution in [1.29, 1.82) is 0 Å². The van der Waals surface area contributed by atoms with Crippen molar-refractivity contribution < 1.29 is 21.6 Å². The number of nitrogens with one attached hydrogen (secondary N) is 1. The average Bonchev–Trinajstić information content (AvgIpc) is 2.54. The molecular formula is C17H20N2O5S2. The van der Waals surface area contributed by atoms with E-state index in [9.17, 15) is 21.6 Å². The van der Waals surface area contributed by atoms with Crippen LogP contribution in [-0.4, -0.2) is 47.4 Å². The third-order valence-corrected chi connectivity index (χ3v) is 6.18. The molecule has 2 rings (SSSR count). The highest BCUT2D eigenvalue weighted by Crippen LogP contribution is 2.19. The van der Waals surface area contributed by atoms with E-state index < -0.39 is 25.8 Å². The molecule has 7 nitrogen and oxygen atoms in total. The summed E-state index contributed by atoms with van der Waals surface area (Å²) in [5.41, 5.74) is 1.27. The summed E-state index contributed by atoms with van der Waals surface area (Å²) in [7, 11) is -3.89. The van der Waals surface area contributed by atoms with Gasteiger partial charge in [0.25, 0.3) is 5.91 Å². The SMILES string of the molecule is CN(C)S(=O)(=O)c1cccc(NC(=O)c2ccc(CS(C)(=O)=O)cc2)c1. The molecule has 0 unspecified atom stereocenters. The maximum absolute atomic E-state index is 12.3. The lowest BCUT2D eigenvalue weighted by Gasteiger charge is -2.12. The van der Waals surface area contributed by atoms with Crippen molar-refractivity contribution in [3.63, 3.8) is 0 Å². The molecule has 0 spiro atoms. The Morgan fingerprint density at radius 2 is 1.62 bits per heavy atom. The van der Waals surface area contributed by atoms with Crippen molar-refractivity contribution >= 4 is 31.5 Å². The number of sulfone groups is 1. The fourth-order valence-electron chi connectivity index (χ4n) is 2.20. The van der Waals surface area contributed by atoms with Crippen LogP contribution in [0.1, 0.15) is 15.9 Å². The van der Waals surface area contributed by atoms with E-state index in [-0.39, 0.29) is 10.6 Å². The average molecular weight is 396 g/mol. The zero-order valence-corrected chi connectivity index (χ0v) is 16.3. The van der Waals surface area contributed by atoms with Crippen molar-refractivity contribution in [2.24, 2.45) is 0 Å². The van der Waals surface area contributed by atoms with Crippen LogP contribution in [0.3, 0.4) is 0 Å². The van der Waals surface area contributed by atoms with E-state index in [2.05, 4.69) is 5.32 Å². The minimum atomic E-state index is -3.60. The summed E-state index contributed by atoms with van der Waals surface area (Å²) in [4.78, 5) is 12.4. The number of amides is 1. The molecule has 0 fully saturated rings. The molecule has 140 valence electrons. The van der Waals surface area contributed by atoms with Crippen LogP contribution < -0.4 is 5.32 Å². The van der Waals surface area contributed by atoms with Crippen molar-refractivity contribution in [2.75, 3.05) is 25.7 Å². The van der Waals surface area contributed by atoms with E-state index in [1.54, 1.807) is 24.3 Å². The van der Waals surface area contributed by atoms with Gasteiger partial charge in [0.15, 0.2) is 9.84 Å². The molecule has 2 aromatic carbocycles. The first kappa shape index (κ1) is 20.1. The maximum Gasteiger partial charge on any atom is 0.255 e. The van der Waals surface area contributed by atoms with E-state index in [0.29, 0.717) is 16.8 Å². The van der Waals surface area contributed by atoms with Crippen molar-refractivity contribution in [2.45, 2.75) is 10.6 Å². The molecule has 0 bridgehead atoms. The maximum atomic E-state index is 12.3. The van der Waals surface area contributed by atoms with E-state index in [1.807, 2.05) is 0 Å². The minimum absolute atomic E-state index is 0.0730. The number of anilines is 1. The Labute approximate surface area is 153 Å². The molecule has 0 heterocycles. The highest BCUT2D eigenvalue weighted by atomic mass is 32.2. The molecule has 0 aliphatic rings. The number of carbonyl (C=O) groups is 1. The predicted molar refractivity (Wildman–Crippen MR) is 100 cm³/mol. The summed E-state index contributed by atoms with van der Waals surface area (Å²) in [6, 6.07) is 12.2. The van der Waals surface area contributed by atoms with E-state index in [1.165, 1.54) is 38.4 Å². The molecule has 0 aliphatic carbocycles. The fraction of sp³-hybridized carbons (Fsp3) is 0.235. The van der Waals surface area contributed by atoms with Gasteiger partial charge in [-0.1, -0.05) is 18.2 Å². The van der Waals surface area contributed by atoms with Gasteiger partial charge in [-0.3, -0.25) is 4.79 Å². The van der Waals surface area contributed by atoms with Crippen LogP contribution in [0.25, 0.3) is 0 Å². The first-order valence-electron chi connectivity index (χ1n) is 7.60. The summed E-state index contributed by atoms with van der Waals surface area (Å²) in [5, 5.41) is 2.64. The van der Waals surface area contributed by atoms with Gasteiger partial charge in [0.2, 0.25) is 10.0 Å². The van der Waals surface area contributed by atoms with Crippen LogP contribution in [0.2, 0.25) is 0 Å². The molecule has 0 radical (unpaired) electrons. The monoisotopic (exact) mass is 396 g/mol. The molecule has 9 heteroatoms. The van der Waals surface area contributed by atoms with Gasteiger partial charge in [-0.25, -0.2) is 21.1 Å². The number of rotatable bonds is 6. The van der Waals surface area contributed by atoms with Gasteiger partial charge < -0.3 is 5.32 Å². The van der Waals surface area contributed by atoms with Gasteiger partial charge in [-0.2, -0.15) is 0 Å².